The molecule has 1 aromatic rings. The molecule has 1 saturated heterocycles. The smallest absolute Gasteiger partial charge is 0.316 e. The molecular formula is C11H13NO3. The van der Waals surface area contributed by atoms with Crippen LogP contribution in [0.2, 0.25) is 0 Å². The molecule has 2 rings (SSSR count). The molecule has 1 unspecified atom stereocenters. The Bertz CT molecular complexity index is 383. The van der Waals surface area contributed by atoms with Gasteiger partial charge in [-0.2, -0.15) is 0 Å². The van der Waals surface area contributed by atoms with E-state index in [4.69, 9.17) is 4.74 Å². The van der Waals surface area contributed by atoms with Gasteiger partial charge in [-0.05, 0) is 31.0 Å². The summed E-state index contributed by atoms with van der Waals surface area (Å²) >= 11 is 0. The third-order valence-electron chi connectivity index (χ3n) is 2.88. The van der Waals surface area contributed by atoms with Crippen LogP contribution in [0.5, 0.6) is 0 Å². The molecule has 1 aliphatic heterocycles. The van der Waals surface area contributed by atoms with Crippen molar-refractivity contribution in [3.05, 3.63) is 29.6 Å². The van der Waals surface area contributed by atoms with Gasteiger partial charge < -0.3 is 9.84 Å². The predicted molar refractivity (Wildman–Crippen MR) is 53.7 cm³/mol. The first kappa shape index (κ1) is 10.1. The number of ether oxygens (including phenoxy) is 1. The number of carboxylic acids is 1. The van der Waals surface area contributed by atoms with E-state index in [1.165, 1.54) is 0 Å². The van der Waals surface area contributed by atoms with E-state index in [9.17, 15) is 9.90 Å². The fraction of sp³-hybridized carbons (Fsp3) is 0.455. The van der Waals surface area contributed by atoms with Crippen molar-refractivity contribution in [2.24, 2.45) is 0 Å². The van der Waals surface area contributed by atoms with E-state index >= 15 is 0 Å². The maximum absolute atomic E-state index is 11.3. The fourth-order valence-corrected chi connectivity index (χ4v) is 1.93. The Kier molecular flexibility index (Phi) is 2.44. The number of pyridine rings is 1. The van der Waals surface area contributed by atoms with Crippen molar-refractivity contribution in [3.8, 4) is 0 Å². The second kappa shape index (κ2) is 3.62. The van der Waals surface area contributed by atoms with Crippen LogP contribution in [-0.4, -0.2) is 29.3 Å². The van der Waals surface area contributed by atoms with Gasteiger partial charge in [-0.1, -0.05) is 0 Å². The average molecular weight is 207 g/mol. The fourth-order valence-electron chi connectivity index (χ4n) is 1.93. The zero-order valence-electron chi connectivity index (χ0n) is 8.56. The van der Waals surface area contributed by atoms with E-state index in [1.807, 2.05) is 13.0 Å². The van der Waals surface area contributed by atoms with Crippen LogP contribution >= 0.6 is 0 Å². The Morgan fingerprint density at radius 1 is 1.67 bits per heavy atom. The Labute approximate surface area is 87.9 Å². The predicted octanol–water partition coefficient (Wildman–Crippen LogP) is 1.13. The van der Waals surface area contributed by atoms with E-state index in [0.29, 0.717) is 13.0 Å². The Balaban J connectivity index is 2.45. The Hall–Kier alpha value is -1.42. The molecule has 1 atom stereocenters. The van der Waals surface area contributed by atoms with E-state index in [-0.39, 0.29) is 6.61 Å². The normalized spacial score (nSPS) is 25.4. The highest BCUT2D eigenvalue weighted by Gasteiger charge is 2.44. The van der Waals surface area contributed by atoms with Crippen molar-refractivity contribution < 1.29 is 14.6 Å². The number of hydrogen-bond donors (Lipinski definition) is 1. The van der Waals surface area contributed by atoms with Crippen molar-refractivity contribution in [2.75, 3.05) is 13.2 Å². The maximum Gasteiger partial charge on any atom is 0.316 e. The van der Waals surface area contributed by atoms with Crippen LogP contribution in [-0.2, 0) is 14.9 Å². The van der Waals surface area contributed by atoms with Gasteiger partial charge in [0.25, 0.3) is 0 Å². The molecule has 1 aliphatic rings. The summed E-state index contributed by atoms with van der Waals surface area (Å²) in [5, 5.41) is 9.31. The van der Waals surface area contributed by atoms with Crippen molar-refractivity contribution in [1.82, 2.24) is 4.98 Å². The molecule has 0 amide bonds. The van der Waals surface area contributed by atoms with Gasteiger partial charge in [0.05, 0.1) is 6.61 Å². The summed E-state index contributed by atoms with van der Waals surface area (Å²) < 4.78 is 5.21. The number of carbonyl (C=O) groups is 1. The van der Waals surface area contributed by atoms with Crippen LogP contribution in [0.3, 0.4) is 0 Å². The molecule has 0 bridgehead atoms. The summed E-state index contributed by atoms with van der Waals surface area (Å²) in [5.41, 5.74) is 0.758. The number of nitrogens with zero attached hydrogens (tertiary/aromatic N) is 1. The summed E-state index contributed by atoms with van der Waals surface area (Å²) in [5.74, 6) is -0.814. The first-order chi connectivity index (χ1) is 7.15. The SMILES string of the molecule is Cc1cc(C2(C(=O)O)CCOC2)ccn1. The molecule has 80 valence electrons. The van der Waals surface area contributed by atoms with Crippen LogP contribution in [0, 0.1) is 6.92 Å². The summed E-state index contributed by atoms with van der Waals surface area (Å²) in [7, 11) is 0. The molecule has 4 nitrogen and oxygen atoms in total. The van der Waals surface area contributed by atoms with Gasteiger partial charge in [-0.15, -0.1) is 0 Å². The monoisotopic (exact) mass is 207 g/mol. The van der Waals surface area contributed by atoms with Gasteiger partial charge in [-0.25, -0.2) is 0 Å². The van der Waals surface area contributed by atoms with Crippen LogP contribution in [0.4, 0.5) is 0 Å². The number of carboxylic acid groups (broad SMARTS) is 1. The van der Waals surface area contributed by atoms with Gasteiger partial charge >= 0.3 is 5.97 Å². The van der Waals surface area contributed by atoms with Gasteiger partial charge in [0, 0.05) is 18.5 Å². The quantitative estimate of drug-likeness (QED) is 0.789. The van der Waals surface area contributed by atoms with Crippen LogP contribution < -0.4 is 0 Å². The molecule has 1 aromatic heterocycles. The van der Waals surface area contributed by atoms with E-state index in [1.54, 1.807) is 12.3 Å². The number of aryl methyl sites for hydroxylation is 1. The van der Waals surface area contributed by atoms with E-state index < -0.39 is 11.4 Å². The summed E-state index contributed by atoms with van der Waals surface area (Å²) in [6, 6.07) is 3.58. The maximum atomic E-state index is 11.3. The molecule has 1 N–H and O–H groups in total. The minimum Gasteiger partial charge on any atom is -0.481 e. The molecule has 0 spiro atoms. The number of aliphatic carboxylic acids is 1. The third-order valence-corrected chi connectivity index (χ3v) is 2.88. The van der Waals surface area contributed by atoms with Gasteiger partial charge in [0.1, 0.15) is 5.41 Å². The van der Waals surface area contributed by atoms with Crippen molar-refractivity contribution in [3.63, 3.8) is 0 Å². The molecule has 4 heteroatoms. The highest BCUT2D eigenvalue weighted by atomic mass is 16.5. The van der Waals surface area contributed by atoms with E-state index in [2.05, 4.69) is 4.98 Å². The van der Waals surface area contributed by atoms with Crippen molar-refractivity contribution >= 4 is 5.97 Å². The van der Waals surface area contributed by atoms with Crippen LogP contribution in [0.15, 0.2) is 18.3 Å². The summed E-state index contributed by atoms with van der Waals surface area (Å²) in [6.07, 6.45) is 2.18. The van der Waals surface area contributed by atoms with Gasteiger partial charge in [0.15, 0.2) is 0 Å². The van der Waals surface area contributed by atoms with Crippen LogP contribution in [0.1, 0.15) is 17.7 Å². The molecule has 2 heterocycles. The lowest BCUT2D eigenvalue weighted by Crippen LogP contribution is -2.36. The van der Waals surface area contributed by atoms with Gasteiger partial charge in [-0.3, -0.25) is 9.78 Å². The zero-order valence-corrected chi connectivity index (χ0v) is 8.56. The van der Waals surface area contributed by atoms with E-state index in [0.717, 1.165) is 11.3 Å². The first-order valence-electron chi connectivity index (χ1n) is 4.89. The molecular weight excluding hydrogens is 194 g/mol. The van der Waals surface area contributed by atoms with Crippen molar-refractivity contribution in [1.29, 1.82) is 0 Å². The second-order valence-corrected chi connectivity index (χ2v) is 3.88. The Morgan fingerprint density at radius 3 is 3.00 bits per heavy atom. The lowest BCUT2D eigenvalue weighted by molar-refractivity contribution is -0.143. The third kappa shape index (κ3) is 1.61. The molecule has 15 heavy (non-hydrogen) atoms. The average Bonchev–Trinajstić information content (AvgIpc) is 2.67. The minimum absolute atomic E-state index is 0.256. The zero-order chi connectivity index (χ0) is 10.9. The lowest BCUT2D eigenvalue weighted by Gasteiger charge is -2.22. The molecule has 1 fully saturated rings. The summed E-state index contributed by atoms with van der Waals surface area (Å²) in [4.78, 5) is 15.4. The van der Waals surface area contributed by atoms with Crippen LogP contribution in [0.25, 0.3) is 0 Å². The molecule has 0 saturated carbocycles. The summed E-state index contributed by atoms with van der Waals surface area (Å²) in [6.45, 7) is 2.62. The topological polar surface area (TPSA) is 59.4 Å². The standard InChI is InChI=1S/C11H13NO3/c1-8-6-9(2-4-12-8)11(10(13)14)3-5-15-7-11/h2,4,6H,3,5,7H2,1H3,(H,13,14). The minimum atomic E-state index is -0.867. The largest absolute Gasteiger partial charge is 0.481 e. The first-order valence-corrected chi connectivity index (χ1v) is 4.89. The molecule has 0 radical (unpaired) electrons. The highest BCUT2D eigenvalue weighted by molar-refractivity contribution is 5.82. The number of aromatic nitrogens is 1. The van der Waals surface area contributed by atoms with Crippen molar-refractivity contribution in [2.45, 2.75) is 18.8 Å². The number of rotatable bonds is 2. The molecule has 0 aromatic carbocycles. The second-order valence-electron chi connectivity index (χ2n) is 3.88. The lowest BCUT2D eigenvalue weighted by atomic mass is 9.80. The number of hydrogen-bond acceptors (Lipinski definition) is 3. The Morgan fingerprint density at radius 2 is 2.47 bits per heavy atom. The highest BCUT2D eigenvalue weighted by Crippen LogP contribution is 2.33. The molecule has 0 aliphatic carbocycles. The van der Waals surface area contributed by atoms with Gasteiger partial charge in [0.2, 0.25) is 0 Å².